The Bertz CT molecular complexity index is 545. The minimum absolute atomic E-state index is 0.116. The summed E-state index contributed by atoms with van der Waals surface area (Å²) in [6, 6.07) is 9.63. The van der Waals surface area contributed by atoms with Crippen LogP contribution in [0.15, 0.2) is 54.6 Å². The number of allylic oxidation sites excluding steroid dienone is 2. The molecule has 90 valence electrons. The maximum atomic E-state index is 12.0. The first-order valence-electron chi connectivity index (χ1n) is 6.01. The normalized spacial score (nSPS) is 25.7. The van der Waals surface area contributed by atoms with Gasteiger partial charge >= 0.3 is 0 Å². The minimum atomic E-state index is -0.370. The van der Waals surface area contributed by atoms with Crippen molar-refractivity contribution in [3.63, 3.8) is 0 Å². The largest absolute Gasteiger partial charge is 0.324 e. The zero-order valence-electron chi connectivity index (χ0n) is 9.82. The van der Waals surface area contributed by atoms with Crippen LogP contribution < -0.4 is 0 Å². The predicted molar refractivity (Wildman–Crippen MR) is 67.6 cm³/mol. The smallest absolute Gasteiger partial charge is 0.291 e. The SMILES string of the molecule is O=C1C(=O)N(Cc2ccccc2)[C@@H]2C=CC=C[C@@H]12. The van der Waals surface area contributed by atoms with Gasteiger partial charge in [-0.2, -0.15) is 0 Å². The molecule has 3 nitrogen and oxygen atoms in total. The molecule has 0 spiro atoms. The highest BCUT2D eigenvalue weighted by Gasteiger charge is 2.45. The van der Waals surface area contributed by atoms with Crippen molar-refractivity contribution in [3.05, 3.63) is 60.2 Å². The van der Waals surface area contributed by atoms with E-state index in [1.165, 1.54) is 0 Å². The Kier molecular flexibility index (Phi) is 2.59. The summed E-state index contributed by atoms with van der Waals surface area (Å²) in [5.74, 6) is -0.965. The third-order valence-corrected chi connectivity index (χ3v) is 3.44. The summed E-state index contributed by atoms with van der Waals surface area (Å²) in [7, 11) is 0. The van der Waals surface area contributed by atoms with E-state index in [1.54, 1.807) is 4.90 Å². The molecule has 0 saturated carbocycles. The van der Waals surface area contributed by atoms with E-state index in [0.29, 0.717) is 6.54 Å². The number of ketones is 1. The number of carbonyl (C=O) groups excluding carboxylic acids is 2. The molecule has 0 N–H and O–H groups in total. The molecule has 1 aromatic carbocycles. The van der Waals surface area contributed by atoms with Crippen molar-refractivity contribution < 1.29 is 9.59 Å². The summed E-state index contributed by atoms with van der Waals surface area (Å²) in [6.07, 6.45) is 7.47. The molecule has 1 saturated heterocycles. The lowest BCUT2D eigenvalue weighted by Crippen LogP contribution is -2.33. The average Bonchev–Trinajstić information content (AvgIpc) is 2.66. The highest BCUT2D eigenvalue weighted by atomic mass is 16.2. The van der Waals surface area contributed by atoms with Crippen molar-refractivity contribution >= 4 is 11.7 Å². The van der Waals surface area contributed by atoms with Crippen LogP contribution in [0.25, 0.3) is 0 Å². The van der Waals surface area contributed by atoms with Crippen LogP contribution in [-0.4, -0.2) is 22.6 Å². The number of hydrogen-bond donors (Lipinski definition) is 0. The van der Waals surface area contributed by atoms with Crippen molar-refractivity contribution in [2.75, 3.05) is 0 Å². The van der Waals surface area contributed by atoms with Gasteiger partial charge in [-0.3, -0.25) is 9.59 Å². The van der Waals surface area contributed by atoms with Crippen LogP contribution in [0.4, 0.5) is 0 Å². The fraction of sp³-hybridized carbons (Fsp3) is 0.200. The number of fused-ring (bicyclic) bond motifs is 1. The van der Waals surface area contributed by atoms with Crippen molar-refractivity contribution in [1.82, 2.24) is 4.90 Å². The summed E-state index contributed by atoms with van der Waals surface area (Å²) in [6.45, 7) is 0.491. The third-order valence-electron chi connectivity index (χ3n) is 3.44. The fourth-order valence-electron chi connectivity index (χ4n) is 2.51. The number of benzene rings is 1. The molecular formula is C15H13NO2. The lowest BCUT2D eigenvalue weighted by atomic mass is 9.95. The van der Waals surface area contributed by atoms with Gasteiger partial charge in [0.1, 0.15) is 0 Å². The van der Waals surface area contributed by atoms with Crippen LogP contribution in [0, 0.1) is 5.92 Å². The summed E-state index contributed by atoms with van der Waals surface area (Å²) < 4.78 is 0. The quantitative estimate of drug-likeness (QED) is 0.737. The van der Waals surface area contributed by atoms with Crippen LogP contribution in [0.2, 0.25) is 0 Å². The van der Waals surface area contributed by atoms with Crippen LogP contribution in [-0.2, 0) is 16.1 Å². The zero-order valence-corrected chi connectivity index (χ0v) is 9.82. The van der Waals surface area contributed by atoms with E-state index in [9.17, 15) is 9.59 Å². The molecule has 0 aromatic heterocycles. The number of likely N-dealkylation sites (tertiary alicyclic amines) is 1. The van der Waals surface area contributed by atoms with E-state index in [-0.39, 0.29) is 23.7 Å². The lowest BCUT2D eigenvalue weighted by molar-refractivity contribution is -0.141. The second-order valence-electron chi connectivity index (χ2n) is 4.57. The van der Waals surface area contributed by atoms with E-state index < -0.39 is 0 Å². The number of nitrogens with zero attached hydrogens (tertiary/aromatic N) is 1. The molecule has 1 heterocycles. The Morgan fingerprint density at radius 1 is 1.00 bits per heavy atom. The number of Topliss-reactive ketones (excluding diaryl/α,β-unsaturated/α-hetero) is 1. The molecule has 18 heavy (non-hydrogen) atoms. The van der Waals surface area contributed by atoms with Crippen molar-refractivity contribution in [1.29, 1.82) is 0 Å². The number of carbonyl (C=O) groups is 2. The standard InChI is InChI=1S/C15H13NO2/c17-14-12-8-4-5-9-13(12)16(15(14)18)10-11-6-2-1-3-7-11/h1-9,12-13H,10H2/t12-,13-/m1/s1. The molecule has 0 radical (unpaired) electrons. The van der Waals surface area contributed by atoms with Gasteiger partial charge in [-0.1, -0.05) is 54.6 Å². The van der Waals surface area contributed by atoms with Gasteiger partial charge in [0.2, 0.25) is 5.78 Å². The molecule has 0 bridgehead atoms. The number of hydrogen-bond acceptors (Lipinski definition) is 2. The highest BCUT2D eigenvalue weighted by Crippen LogP contribution is 2.28. The first-order valence-corrected chi connectivity index (χ1v) is 6.01. The molecular weight excluding hydrogens is 226 g/mol. The van der Waals surface area contributed by atoms with Crippen LogP contribution in [0.1, 0.15) is 5.56 Å². The van der Waals surface area contributed by atoms with Crippen LogP contribution in [0.5, 0.6) is 0 Å². The van der Waals surface area contributed by atoms with Gasteiger partial charge in [-0.15, -0.1) is 0 Å². The Hall–Kier alpha value is -2.16. The Labute approximate surface area is 105 Å². The Morgan fingerprint density at radius 2 is 1.72 bits per heavy atom. The first kappa shape index (κ1) is 11.0. The third kappa shape index (κ3) is 1.68. The van der Waals surface area contributed by atoms with Crippen molar-refractivity contribution in [2.45, 2.75) is 12.6 Å². The molecule has 1 aromatic rings. The molecule has 0 unspecified atom stereocenters. The van der Waals surface area contributed by atoms with Gasteiger partial charge in [0.25, 0.3) is 5.91 Å². The topological polar surface area (TPSA) is 37.4 Å². The van der Waals surface area contributed by atoms with E-state index >= 15 is 0 Å². The monoisotopic (exact) mass is 239 g/mol. The van der Waals surface area contributed by atoms with Gasteiger partial charge in [-0.05, 0) is 5.56 Å². The average molecular weight is 239 g/mol. The summed E-state index contributed by atoms with van der Waals surface area (Å²) in [5, 5.41) is 0. The zero-order chi connectivity index (χ0) is 12.5. The van der Waals surface area contributed by atoms with Gasteiger partial charge in [0.05, 0.1) is 12.0 Å². The molecule has 1 aliphatic heterocycles. The second-order valence-corrected chi connectivity index (χ2v) is 4.57. The molecule has 1 amide bonds. The van der Waals surface area contributed by atoms with Gasteiger partial charge in [0.15, 0.2) is 0 Å². The Morgan fingerprint density at radius 3 is 2.50 bits per heavy atom. The predicted octanol–water partition coefficient (Wildman–Crippen LogP) is 1.71. The number of rotatable bonds is 2. The fourth-order valence-corrected chi connectivity index (χ4v) is 2.51. The van der Waals surface area contributed by atoms with E-state index in [0.717, 1.165) is 5.56 Å². The van der Waals surface area contributed by atoms with E-state index in [1.807, 2.05) is 54.6 Å². The van der Waals surface area contributed by atoms with E-state index in [4.69, 9.17) is 0 Å². The number of amides is 1. The molecule has 3 rings (SSSR count). The maximum Gasteiger partial charge on any atom is 0.291 e. The Balaban J connectivity index is 1.88. The summed E-state index contributed by atoms with van der Waals surface area (Å²) >= 11 is 0. The lowest BCUT2D eigenvalue weighted by Gasteiger charge is -2.24. The van der Waals surface area contributed by atoms with Gasteiger partial charge in [-0.25, -0.2) is 0 Å². The van der Waals surface area contributed by atoms with Crippen molar-refractivity contribution in [2.24, 2.45) is 5.92 Å². The molecule has 1 aliphatic carbocycles. The van der Waals surface area contributed by atoms with Crippen LogP contribution in [0.3, 0.4) is 0 Å². The molecule has 3 heteroatoms. The van der Waals surface area contributed by atoms with Gasteiger partial charge < -0.3 is 4.90 Å². The minimum Gasteiger partial charge on any atom is -0.324 e. The van der Waals surface area contributed by atoms with Gasteiger partial charge in [0, 0.05) is 6.54 Å². The second kappa shape index (κ2) is 4.26. The summed E-state index contributed by atoms with van der Waals surface area (Å²) in [4.78, 5) is 25.5. The van der Waals surface area contributed by atoms with Crippen LogP contribution >= 0.6 is 0 Å². The summed E-state index contributed by atoms with van der Waals surface area (Å²) in [5.41, 5.74) is 1.04. The first-order chi connectivity index (χ1) is 8.77. The van der Waals surface area contributed by atoms with Crippen molar-refractivity contribution in [3.8, 4) is 0 Å². The van der Waals surface area contributed by atoms with E-state index in [2.05, 4.69) is 0 Å². The molecule has 2 aliphatic rings. The molecule has 1 fully saturated rings. The molecule has 2 atom stereocenters. The maximum absolute atomic E-state index is 12.0. The highest BCUT2D eigenvalue weighted by molar-refractivity contribution is 6.39.